The predicted molar refractivity (Wildman–Crippen MR) is 74.1 cm³/mol. The summed E-state index contributed by atoms with van der Waals surface area (Å²) in [5, 5.41) is 9.23. The van der Waals surface area contributed by atoms with Crippen LogP contribution in [0.5, 0.6) is 0 Å². The Balaban J connectivity index is 2.32. The smallest absolute Gasteiger partial charge is 0.101 e. The number of nitriles is 1. The molecule has 0 amide bonds. The molecule has 90 valence electrons. The molecular formula is C14H17BrN2. The van der Waals surface area contributed by atoms with E-state index in [1.54, 1.807) is 0 Å². The highest BCUT2D eigenvalue weighted by Crippen LogP contribution is 2.35. The van der Waals surface area contributed by atoms with Gasteiger partial charge in [-0.2, -0.15) is 5.26 Å². The lowest BCUT2D eigenvalue weighted by Crippen LogP contribution is -2.30. The monoisotopic (exact) mass is 292 g/mol. The highest BCUT2D eigenvalue weighted by molar-refractivity contribution is 9.10. The summed E-state index contributed by atoms with van der Waals surface area (Å²) in [6.07, 6.45) is 2.52. The lowest BCUT2D eigenvalue weighted by molar-refractivity contribution is 0.607. The van der Waals surface area contributed by atoms with Gasteiger partial charge in [0.15, 0.2) is 0 Å². The van der Waals surface area contributed by atoms with Crippen LogP contribution in [0.3, 0.4) is 0 Å². The molecule has 1 aliphatic rings. The number of hydrogen-bond donors (Lipinski definition) is 0. The molecule has 0 aromatic heterocycles. The first-order valence-electron chi connectivity index (χ1n) is 6.08. The summed E-state index contributed by atoms with van der Waals surface area (Å²) in [6, 6.07) is 8.93. The van der Waals surface area contributed by atoms with Crippen LogP contribution in [-0.4, -0.2) is 12.6 Å². The number of benzene rings is 1. The van der Waals surface area contributed by atoms with Crippen LogP contribution in [0.1, 0.15) is 32.3 Å². The molecule has 0 radical (unpaired) electrons. The van der Waals surface area contributed by atoms with Crippen LogP contribution in [0.2, 0.25) is 0 Å². The van der Waals surface area contributed by atoms with E-state index in [0.29, 0.717) is 12.0 Å². The molecule has 0 spiro atoms. The van der Waals surface area contributed by atoms with Gasteiger partial charge >= 0.3 is 0 Å². The van der Waals surface area contributed by atoms with Crippen molar-refractivity contribution in [3.8, 4) is 6.07 Å². The largest absolute Gasteiger partial charge is 0.367 e. The van der Waals surface area contributed by atoms with E-state index in [1.165, 1.54) is 12.8 Å². The summed E-state index contributed by atoms with van der Waals surface area (Å²) in [6.45, 7) is 5.47. The van der Waals surface area contributed by atoms with Gasteiger partial charge in [0.2, 0.25) is 0 Å². The first-order valence-corrected chi connectivity index (χ1v) is 6.87. The van der Waals surface area contributed by atoms with Gasteiger partial charge in [0.1, 0.15) is 6.07 Å². The lowest BCUT2D eigenvalue weighted by Gasteiger charge is -2.27. The molecule has 1 aromatic rings. The van der Waals surface area contributed by atoms with Crippen LogP contribution in [-0.2, 0) is 0 Å². The van der Waals surface area contributed by atoms with Gasteiger partial charge in [-0.15, -0.1) is 0 Å². The molecule has 0 bridgehead atoms. The molecule has 3 heteroatoms. The zero-order valence-corrected chi connectivity index (χ0v) is 11.9. The molecule has 17 heavy (non-hydrogen) atoms. The third-order valence-corrected chi connectivity index (χ3v) is 3.43. The fourth-order valence-corrected chi connectivity index (χ4v) is 2.43. The summed E-state index contributed by atoms with van der Waals surface area (Å²) < 4.78 is 0.970. The van der Waals surface area contributed by atoms with Crippen molar-refractivity contribution in [2.24, 2.45) is 5.92 Å². The molecule has 1 fully saturated rings. The van der Waals surface area contributed by atoms with E-state index in [2.05, 4.69) is 46.8 Å². The fourth-order valence-electron chi connectivity index (χ4n) is 2.07. The molecular weight excluding hydrogens is 276 g/mol. The Labute approximate surface area is 111 Å². The molecule has 2 rings (SSSR count). The molecule has 1 saturated carbocycles. The van der Waals surface area contributed by atoms with Crippen molar-refractivity contribution >= 4 is 21.6 Å². The van der Waals surface area contributed by atoms with Crippen LogP contribution < -0.4 is 4.90 Å². The normalized spacial score (nSPS) is 14.8. The lowest BCUT2D eigenvalue weighted by atomic mass is 10.1. The van der Waals surface area contributed by atoms with Gasteiger partial charge in [0, 0.05) is 17.1 Å². The minimum atomic E-state index is 0.616. The zero-order chi connectivity index (χ0) is 12.4. The first-order chi connectivity index (χ1) is 8.11. The van der Waals surface area contributed by atoms with Crippen molar-refractivity contribution in [1.82, 2.24) is 0 Å². The molecule has 1 aliphatic carbocycles. The van der Waals surface area contributed by atoms with Crippen LogP contribution in [0.4, 0.5) is 5.69 Å². The van der Waals surface area contributed by atoms with E-state index < -0.39 is 0 Å². The van der Waals surface area contributed by atoms with Crippen LogP contribution in [0, 0.1) is 17.2 Å². The molecule has 0 unspecified atom stereocenters. The van der Waals surface area contributed by atoms with Crippen LogP contribution in [0.15, 0.2) is 22.7 Å². The Morgan fingerprint density at radius 3 is 2.71 bits per heavy atom. The van der Waals surface area contributed by atoms with Crippen LogP contribution in [0.25, 0.3) is 0 Å². The highest BCUT2D eigenvalue weighted by Gasteiger charge is 2.30. The second-order valence-electron chi connectivity index (χ2n) is 5.05. The minimum absolute atomic E-state index is 0.616. The van der Waals surface area contributed by atoms with Gasteiger partial charge < -0.3 is 4.90 Å². The van der Waals surface area contributed by atoms with E-state index >= 15 is 0 Å². The Kier molecular flexibility index (Phi) is 3.73. The Morgan fingerprint density at radius 1 is 1.47 bits per heavy atom. The van der Waals surface area contributed by atoms with Crippen molar-refractivity contribution < 1.29 is 0 Å². The summed E-state index contributed by atoms with van der Waals surface area (Å²) >= 11 is 3.42. The summed E-state index contributed by atoms with van der Waals surface area (Å²) in [5.74, 6) is 0.616. The molecule has 2 nitrogen and oxygen atoms in total. The number of nitrogens with zero attached hydrogens (tertiary/aromatic N) is 2. The van der Waals surface area contributed by atoms with Crippen molar-refractivity contribution in [1.29, 1.82) is 5.26 Å². The molecule has 1 aromatic carbocycles. The van der Waals surface area contributed by atoms with Gasteiger partial charge in [0.25, 0.3) is 0 Å². The number of rotatable bonds is 4. The van der Waals surface area contributed by atoms with Gasteiger partial charge in [-0.25, -0.2) is 0 Å². The van der Waals surface area contributed by atoms with E-state index in [-0.39, 0.29) is 0 Å². The topological polar surface area (TPSA) is 27.0 Å². The predicted octanol–water partition coefficient (Wildman–Crippen LogP) is 3.95. The number of anilines is 1. The Hall–Kier alpha value is -1.01. The van der Waals surface area contributed by atoms with Gasteiger partial charge in [-0.3, -0.25) is 0 Å². The third kappa shape index (κ3) is 3.01. The van der Waals surface area contributed by atoms with Gasteiger partial charge in [-0.05, 0) is 37.0 Å². The molecule has 0 atom stereocenters. The summed E-state index contributed by atoms with van der Waals surface area (Å²) in [7, 11) is 0. The summed E-state index contributed by atoms with van der Waals surface area (Å²) in [5.41, 5.74) is 1.86. The SMILES string of the molecule is CC(C)CN(c1ccc(Br)cc1C#N)C1CC1. The maximum Gasteiger partial charge on any atom is 0.101 e. The molecule has 0 heterocycles. The average Bonchev–Trinajstić information content (AvgIpc) is 3.09. The highest BCUT2D eigenvalue weighted by atomic mass is 79.9. The van der Waals surface area contributed by atoms with E-state index in [0.717, 1.165) is 22.3 Å². The second kappa shape index (κ2) is 5.10. The summed E-state index contributed by atoms with van der Waals surface area (Å²) in [4.78, 5) is 2.40. The van der Waals surface area contributed by atoms with Crippen molar-refractivity contribution in [3.63, 3.8) is 0 Å². The fraction of sp³-hybridized carbons (Fsp3) is 0.500. The van der Waals surface area contributed by atoms with Crippen LogP contribution >= 0.6 is 15.9 Å². The average molecular weight is 293 g/mol. The Morgan fingerprint density at radius 2 is 2.18 bits per heavy atom. The van der Waals surface area contributed by atoms with Crippen molar-refractivity contribution in [2.45, 2.75) is 32.7 Å². The first kappa shape index (κ1) is 12.4. The minimum Gasteiger partial charge on any atom is -0.367 e. The number of halogens is 1. The maximum absolute atomic E-state index is 9.23. The van der Waals surface area contributed by atoms with Gasteiger partial charge in [-0.1, -0.05) is 29.8 Å². The zero-order valence-electron chi connectivity index (χ0n) is 10.3. The van der Waals surface area contributed by atoms with E-state index in [9.17, 15) is 5.26 Å². The molecule has 0 saturated heterocycles. The maximum atomic E-state index is 9.23. The van der Waals surface area contributed by atoms with E-state index in [1.807, 2.05) is 12.1 Å². The number of hydrogen-bond acceptors (Lipinski definition) is 2. The standard InChI is InChI=1S/C14H17BrN2/c1-10(2)9-17(13-4-5-13)14-6-3-12(15)7-11(14)8-16/h3,6-7,10,13H,4-5,9H2,1-2H3. The second-order valence-corrected chi connectivity index (χ2v) is 5.97. The van der Waals surface area contributed by atoms with Crippen molar-refractivity contribution in [2.75, 3.05) is 11.4 Å². The van der Waals surface area contributed by atoms with Crippen molar-refractivity contribution in [3.05, 3.63) is 28.2 Å². The van der Waals surface area contributed by atoms with E-state index in [4.69, 9.17) is 0 Å². The molecule has 0 N–H and O–H groups in total. The Bertz CT molecular complexity index is 444. The van der Waals surface area contributed by atoms with Gasteiger partial charge in [0.05, 0.1) is 11.3 Å². The molecule has 0 aliphatic heterocycles. The third-order valence-electron chi connectivity index (χ3n) is 2.94. The quantitative estimate of drug-likeness (QED) is 0.840.